The van der Waals surface area contributed by atoms with E-state index in [9.17, 15) is 14.3 Å². The first kappa shape index (κ1) is 15.5. The summed E-state index contributed by atoms with van der Waals surface area (Å²) in [5.74, 6) is -0.677. The summed E-state index contributed by atoms with van der Waals surface area (Å²) < 4.78 is 13.4. The Morgan fingerprint density at radius 1 is 0.920 bits per heavy atom. The van der Waals surface area contributed by atoms with Crippen LogP contribution in [0.25, 0.3) is 0 Å². The number of carbonyl (C=O) groups is 1. The van der Waals surface area contributed by atoms with Gasteiger partial charge in [0.1, 0.15) is 5.82 Å². The van der Waals surface area contributed by atoms with Crippen molar-refractivity contribution in [3.8, 4) is 0 Å². The smallest absolute Gasteiger partial charge is 0.261 e. The Kier molecular flexibility index (Phi) is 3.44. The zero-order valence-electron chi connectivity index (χ0n) is 13.6. The van der Waals surface area contributed by atoms with Crippen molar-refractivity contribution in [3.05, 3.63) is 101 Å². The summed E-state index contributed by atoms with van der Waals surface area (Å²) in [7, 11) is 0. The lowest BCUT2D eigenvalue weighted by molar-refractivity contribution is 0.0702. The van der Waals surface area contributed by atoms with Crippen molar-refractivity contribution in [1.82, 2.24) is 0 Å². The van der Waals surface area contributed by atoms with Gasteiger partial charge in [0.15, 0.2) is 5.72 Å². The fourth-order valence-corrected chi connectivity index (χ4v) is 3.43. The van der Waals surface area contributed by atoms with Crippen LogP contribution in [0.3, 0.4) is 0 Å². The molecular weight excluding hydrogens is 317 g/mol. The highest BCUT2D eigenvalue weighted by Gasteiger charge is 2.50. The number of benzene rings is 3. The average molecular weight is 333 g/mol. The van der Waals surface area contributed by atoms with Crippen molar-refractivity contribution in [3.63, 3.8) is 0 Å². The van der Waals surface area contributed by atoms with Crippen LogP contribution in [0.1, 0.15) is 27.0 Å². The maximum Gasteiger partial charge on any atom is 0.261 e. The number of anilines is 1. The second kappa shape index (κ2) is 5.53. The van der Waals surface area contributed by atoms with Crippen LogP contribution in [0.15, 0.2) is 72.8 Å². The fourth-order valence-electron chi connectivity index (χ4n) is 3.43. The molecule has 124 valence electrons. The highest BCUT2D eigenvalue weighted by Crippen LogP contribution is 2.45. The fraction of sp³-hybridized carbons (Fsp3) is 0.0952. The van der Waals surface area contributed by atoms with Crippen LogP contribution < -0.4 is 4.90 Å². The Bertz CT molecular complexity index is 968. The van der Waals surface area contributed by atoms with Gasteiger partial charge in [-0.15, -0.1) is 0 Å². The molecule has 1 aliphatic rings. The van der Waals surface area contributed by atoms with Gasteiger partial charge >= 0.3 is 0 Å². The van der Waals surface area contributed by atoms with Gasteiger partial charge in [-0.05, 0) is 36.8 Å². The first-order valence-electron chi connectivity index (χ1n) is 8.01. The molecule has 0 aliphatic carbocycles. The Morgan fingerprint density at radius 2 is 1.56 bits per heavy atom. The predicted octanol–water partition coefficient (Wildman–Crippen LogP) is 3.99. The second-order valence-electron chi connectivity index (χ2n) is 6.15. The Balaban J connectivity index is 2.01. The molecule has 1 atom stereocenters. The van der Waals surface area contributed by atoms with E-state index in [1.54, 1.807) is 30.3 Å². The zero-order valence-corrected chi connectivity index (χ0v) is 13.6. The van der Waals surface area contributed by atoms with E-state index < -0.39 is 11.5 Å². The number of para-hydroxylation sites is 1. The highest BCUT2D eigenvalue weighted by molar-refractivity contribution is 6.12. The number of fused-ring (bicyclic) bond motifs is 1. The third-order valence-corrected chi connectivity index (χ3v) is 4.66. The van der Waals surface area contributed by atoms with Gasteiger partial charge < -0.3 is 5.11 Å². The molecule has 1 aliphatic heterocycles. The third kappa shape index (κ3) is 2.18. The lowest BCUT2D eigenvalue weighted by Gasteiger charge is -2.35. The van der Waals surface area contributed by atoms with E-state index in [1.165, 1.54) is 29.2 Å². The molecule has 3 aromatic carbocycles. The first-order valence-corrected chi connectivity index (χ1v) is 8.01. The van der Waals surface area contributed by atoms with Crippen LogP contribution in [0, 0.1) is 12.7 Å². The number of hydrogen-bond acceptors (Lipinski definition) is 2. The number of hydrogen-bond donors (Lipinski definition) is 1. The molecule has 0 spiro atoms. The molecule has 1 N–H and O–H groups in total. The molecular formula is C21H16FNO2. The standard InChI is InChI=1S/C21H16FNO2/c1-14-6-2-5-9-19(14)23-20(24)17-7-3-4-8-18(17)21(23,25)15-10-12-16(22)13-11-15/h2-13,25H,1H3/t21-/m1/s1. The Morgan fingerprint density at radius 3 is 2.28 bits per heavy atom. The van der Waals surface area contributed by atoms with Gasteiger partial charge in [0.25, 0.3) is 5.91 Å². The minimum absolute atomic E-state index is 0.281. The Labute approximate surface area is 145 Å². The molecule has 0 aromatic heterocycles. The SMILES string of the molecule is Cc1ccccc1N1C(=O)c2ccccc2[C@]1(O)c1ccc(F)cc1. The summed E-state index contributed by atoms with van der Waals surface area (Å²) >= 11 is 0. The number of aliphatic hydroxyl groups is 1. The lowest BCUT2D eigenvalue weighted by Crippen LogP contribution is -2.45. The topological polar surface area (TPSA) is 40.5 Å². The minimum Gasteiger partial charge on any atom is -0.363 e. The van der Waals surface area contributed by atoms with Crippen LogP contribution in [0.4, 0.5) is 10.1 Å². The molecule has 4 heteroatoms. The van der Waals surface area contributed by atoms with Crippen molar-refractivity contribution < 1.29 is 14.3 Å². The summed E-state index contributed by atoms with van der Waals surface area (Å²) in [6.07, 6.45) is 0. The summed E-state index contributed by atoms with van der Waals surface area (Å²) in [5, 5.41) is 11.7. The van der Waals surface area contributed by atoms with Gasteiger partial charge in [-0.3, -0.25) is 9.69 Å². The molecule has 0 saturated heterocycles. The van der Waals surface area contributed by atoms with E-state index in [4.69, 9.17) is 0 Å². The molecule has 1 amide bonds. The quantitative estimate of drug-likeness (QED) is 0.770. The predicted molar refractivity (Wildman–Crippen MR) is 93.8 cm³/mol. The van der Waals surface area contributed by atoms with Gasteiger partial charge in [-0.1, -0.05) is 48.5 Å². The summed E-state index contributed by atoms with van der Waals surface area (Å²) in [6, 6.07) is 20.0. The van der Waals surface area contributed by atoms with E-state index in [1.807, 2.05) is 25.1 Å². The summed E-state index contributed by atoms with van der Waals surface area (Å²) in [6.45, 7) is 1.89. The molecule has 4 rings (SSSR count). The van der Waals surface area contributed by atoms with Crippen LogP contribution in [-0.4, -0.2) is 11.0 Å². The van der Waals surface area contributed by atoms with Crippen LogP contribution >= 0.6 is 0 Å². The zero-order chi connectivity index (χ0) is 17.6. The highest BCUT2D eigenvalue weighted by atomic mass is 19.1. The van der Waals surface area contributed by atoms with Crippen molar-refractivity contribution in [2.45, 2.75) is 12.6 Å². The van der Waals surface area contributed by atoms with Crippen LogP contribution in [0.2, 0.25) is 0 Å². The van der Waals surface area contributed by atoms with Gasteiger partial charge in [-0.25, -0.2) is 4.39 Å². The monoisotopic (exact) mass is 333 g/mol. The van der Waals surface area contributed by atoms with Crippen molar-refractivity contribution in [1.29, 1.82) is 0 Å². The first-order chi connectivity index (χ1) is 12.0. The lowest BCUT2D eigenvalue weighted by atomic mass is 9.93. The van der Waals surface area contributed by atoms with Gasteiger partial charge in [0.2, 0.25) is 0 Å². The Hall–Kier alpha value is -2.98. The maximum absolute atomic E-state index is 13.4. The molecule has 1 heterocycles. The van der Waals surface area contributed by atoms with E-state index in [0.717, 1.165) is 5.56 Å². The van der Waals surface area contributed by atoms with E-state index >= 15 is 0 Å². The largest absolute Gasteiger partial charge is 0.363 e. The number of amides is 1. The van der Waals surface area contributed by atoms with E-state index in [-0.39, 0.29) is 5.91 Å². The van der Waals surface area contributed by atoms with Crippen LogP contribution in [-0.2, 0) is 5.72 Å². The molecule has 0 saturated carbocycles. The number of halogens is 1. The number of aryl methyl sites for hydroxylation is 1. The van der Waals surface area contributed by atoms with E-state index in [2.05, 4.69) is 0 Å². The average Bonchev–Trinajstić information content (AvgIpc) is 2.85. The van der Waals surface area contributed by atoms with Crippen molar-refractivity contribution in [2.75, 3.05) is 4.90 Å². The molecule has 0 unspecified atom stereocenters. The molecule has 0 fully saturated rings. The second-order valence-corrected chi connectivity index (χ2v) is 6.15. The maximum atomic E-state index is 13.4. The summed E-state index contributed by atoms with van der Waals surface area (Å²) in [5.41, 5.74) is 1.18. The molecule has 3 nitrogen and oxygen atoms in total. The number of nitrogens with zero attached hydrogens (tertiary/aromatic N) is 1. The van der Waals surface area contributed by atoms with Gasteiger partial charge in [0.05, 0.1) is 5.69 Å². The van der Waals surface area contributed by atoms with E-state index in [0.29, 0.717) is 22.4 Å². The van der Waals surface area contributed by atoms with Crippen molar-refractivity contribution >= 4 is 11.6 Å². The normalized spacial score (nSPS) is 19.2. The molecule has 0 radical (unpaired) electrons. The van der Waals surface area contributed by atoms with Crippen LogP contribution in [0.5, 0.6) is 0 Å². The van der Waals surface area contributed by atoms with Crippen molar-refractivity contribution in [2.24, 2.45) is 0 Å². The molecule has 25 heavy (non-hydrogen) atoms. The third-order valence-electron chi connectivity index (χ3n) is 4.66. The number of carbonyl (C=O) groups excluding carboxylic acids is 1. The molecule has 0 bridgehead atoms. The minimum atomic E-state index is -1.69. The van der Waals surface area contributed by atoms with Gasteiger partial charge in [0, 0.05) is 16.7 Å². The molecule has 3 aromatic rings. The van der Waals surface area contributed by atoms with Gasteiger partial charge in [-0.2, -0.15) is 0 Å². The number of rotatable bonds is 2. The summed E-state index contributed by atoms with van der Waals surface area (Å²) in [4.78, 5) is 14.5.